The van der Waals surface area contributed by atoms with Gasteiger partial charge in [0.15, 0.2) is 0 Å². The van der Waals surface area contributed by atoms with E-state index in [-0.39, 0.29) is 0 Å². The maximum absolute atomic E-state index is 2.36. The van der Waals surface area contributed by atoms with Crippen LogP contribution in [0.4, 0.5) is 34.1 Å². The zero-order chi connectivity index (χ0) is 35.4. The van der Waals surface area contributed by atoms with Crippen molar-refractivity contribution in [3.63, 3.8) is 0 Å². The summed E-state index contributed by atoms with van der Waals surface area (Å²) in [6.45, 7) is 0. The minimum absolute atomic E-state index is 1.10. The molecule has 1 aromatic heterocycles. The molecule has 0 atom stereocenters. The Hall–Kier alpha value is -6.68. The topological polar surface area (TPSA) is 6.48 Å². The van der Waals surface area contributed by atoms with Crippen LogP contribution in [0, 0.1) is 0 Å². The highest BCUT2D eigenvalue weighted by molar-refractivity contribution is 7.17. The smallest absolute Gasteiger partial charge is 0.0647 e. The molecule has 0 bridgehead atoms. The van der Waals surface area contributed by atoms with E-state index in [9.17, 15) is 0 Å². The summed E-state index contributed by atoms with van der Waals surface area (Å²) in [4.78, 5) is 4.69. The second-order valence-corrected chi connectivity index (χ2v) is 14.0. The molecule has 9 aromatic rings. The van der Waals surface area contributed by atoms with Crippen LogP contribution in [0.5, 0.6) is 0 Å². The van der Waals surface area contributed by atoms with Gasteiger partial charge in [-0.3, -0.25) is 0 Å². The molecule has 9 rings (SSSR count). The highest BCUT2D eigenvalue weighted by Gasteiger charge is 2.17. The van der Waals surface area contributed by atoms with Gasteiger partial charge >= 0.3 is 0 Å². The van der Waals surface area contributed by atoms with Gasteiger partial charge in [-0.2, -0.15) is 0 Å². The first kappa shape index (κ1) is 32.2. The Kier molecular flexibility index (Phi) is 8.83. The van der Waals surface area contributed by atoms with Crippen LogP contribution in [0.25, 0.3) is 43.5 Å². The molecule has 0 unspecified atom stereocenters. The predicted octanol–water partition coefficient (Wildman–Crippen LogP) is 14.8. The maximum atomic E-state index is 2.36. The second kappa shape index (κ2) is 14.5. The van der Waals surface area contributed by atoms with Crippen molar-refractivity contribution in [1.29, 1.82) is 0 Å². The number of hydrogen-bond acceptors (Lipinski definition) is 3. The molecule has 0 aliphatic heterocycles. The monoisotopic (exact) mass is 696 g/mol. The van der Waals surface area contributed by atoms with E-state index in [4.69, 9.17) is 0 Å². The molecule has 3 heteroatoms. The summed E-state index contributed by atoms with van der Waals surface area (Å²) in [5.41, 5.74) is 14.0. The average molecular weight is 697 g/mol. The van der Waals surface area contributed by atoms with E-state index in [1.165, 1.54) is 49.2 Å². The average Bonchev–Trinajstić information content (AvgIpc) is 3.67. The fourth-order valence-corrected chi connectivity index (χ4v) is 7.99. The Labute approximate surface area is 315 Å². The Morgan fingerprint density at radius 2 is 0.585 bits per heavy atom. The molecule has 0 radical (unpaired) electrons. The van der Waals surface area contributed by atoms with Crippen LogP contribution in [0.2, 0.25) is 0 Å². The van der Waals surface area contributed by atoms with Crippen LogP contribution in [0.15, 0.2) is 218 Å². The molecule has 0 fully saturated rings. The van der Waals surface area contributed by atoms with Crippen molar-refractivity contribution in [3.05, 3.63) is 218 Å². The van der Waals surface area contributed by atoms with E-state index in [0.29, 0.717) is 0 Å². The third-order valence-electron chi connectivity index (χ3n) is 9.77. The molecular weight excluding hydrogens is 661 g/mol. The van der Waals surface area contributed by atoms with E-state index < -0.39 is 0 Å². The SMILES string of the molecule is c1ccc(-c2ccc(N(c3ccc(-c4ccccc4)cc3)c3ccc(-c4ccc(N(c5ccccc5)c5csc6ccccc56)cc4)cc3)cc2)cc1. The van der Waals surface area contributed by atoms with E-state index in [1.807, 2.05) is 0 Å². The highest BCUT2D eigenvalue weighted by Crippen LogP contribution is 2.43. The molecule has 0 spiro atoms. The minimum Gasteiger partial charge on any atom is -0.311 e. The highest BCUT2D eigenvalue weighted by atomic mass is 32.1. The molecule has 0 aliphatic rings. The lowest BCUT2D eigenvalue weighted by Crippen LogP contribution is -2.10. The summed E-state index contributed by atoms with van der Waals surface area (Å²) in [5.74, 6) is 0. The molecule has 1 heterocycles. The standard InChI is InChI=1S/C50H36N2S/c1-4-12-37(13-5-1)39-20-28-44(29-21-39)51(45-30-22-40(23-31-45)38-14-6-2-7-15-38)46-32-24-41(25-33-46)42-26-34-47(35-27-42)52(43-16-8-3-9-17-43)49-36-53-50-19-11-10-18-48(49)50/h1-36H. The van der Waals surface area contributed by atoms with Gasteiger partial charge in [0.2, 0.25) is 0 Å². The molecule has 2 nitrogen and oxygen atoms in total. The van der Waals surface area contributed by atoms with Crippen LogP contribution in [-0.4, -0.2) is 0 Å². The van der Waals surface area contributed by atoms with Crippen molar-refractivity contribution < 1.29 is 0 Å². The Morgan fingerprint density at radius 1 is 0.264 bits per heavy atom. The normalized spacial score (nSPS) is 11.0. The van der Waals surface area contributed by atoms with Crippen molar-refractivity contribution in [2.75, 3.05) is 9.80 Å². The van der Waals surface area contributed by atoms with Gasteiger partial charge in [0.1, 0.15) is 0 Å². The van der Waals surface area contributed by atoms with Gasteiger partial charge in [0.05, 0.1) is 5.69 Å². The number of thiophene rings is 1. The molecule has 0 N–H and O–H groups in total. The van der Waals surface area contributed by atoms with Gasteiger partial charge in [0.25, 0.3) is 0 Å². The number of benzene rings is 8. The van der Waals surface area contributed by atoms with Crippen LogP contribution in [-0.2, 0) is 0 Å². The lowest BCUT2D eigenvalue weighted by atomic mass is 10.0. The van der Waals surface area contributed by atoms with Crippen molar-refractivity contribution in [2.45, 2.75) is 0 Å². The van der Waals surface area contributed by atoms with E-state index >= 15 is 0 Å². The molecule has 0 saturated carbocycles. The first-order valence-electron chi connectivity index (χ1n) is 17.9. The summed E-state index contributed by atoms with van der Waals surface area (Å²) in [6, 6.07) is 75.9. The lowest BCUT2D eigenvalue weighted by Gasteiger charge is -2.26. The first-order valence-corrected chi connectivity index (χ1v) is 18.8. The Bertz CT molecular complexity index is 2480. The van der Waals surface area contributed by atoms with E-state index in [0.717, 1.165) is 28.4 Å². The van der Waals surface area contributed by atoms with Gasteiger partial charge < -0.3 is 9.80 Å². The quantitative estimate of drug-likeness (QED) is 0.148. The molecule has 252 valence electrons. The number of anilines is 6. The van der Waals surface area contributed by atoms with Gasteiger partial charge in [-0.1, -0.05) is 146 Å². The molecule has 0 amide bonds. The van der Waals surface area contributed by atoms with Crippen LogP contribution in [0.3, 0.4) is 0 Å². The number of rotatable bonds is 9. The third-order valence-corrected chi connectivity index (χ3v) is 10.7. The molecular formula is C50H36N2S. The Morgan fingerprint density at radius 3 is 1.02 bits per heavy atom. The van der Waals surface area contributed by atoms with Crippen molar-refractivity contribution in [2.24, 2.45) is 0 Å². The number of nitrogens with zero attached hydrogens (tertiary/aromatic N) is 2. The van der Waals surface area contributed by atoms with Crippen molar-refractivity contribution in [3.8, 4) is 33.4 Å². The molecule has 8 aromatic carbocycles. The summed E-state index contributed by atoms with van der Waals surface area (Å²) in [5, 5.41) is 3.52. The number of fused-ring (bicyclic) bond motifs is 1. The fourth-order valence-electron chi connectivity index (χ4n) is 7.06. The van der Waals surface area contributed by atoms with Gasteiger partial charge in [0, 0.05) is 43.9 Å². The zero-order valence-electron chi connectivity index (χ0n) is 29.1. The summed E-state index contributed by atoms with van der Waals surface area (Å²) in [7, 11) is 0. The molecule has 0 saturated heterocycles. The maximum Gasteiger partial charge on any atom is 0.0647 e. The van der Waals surface area contributed by atoms with Crippen molar-refractivity contribution in [1.82, 2.24) is 0 Å². The largest absolute Gasteiger partial charge is 0.311 e. The summed E-state index contributed by atoms with van der Waals surface area (Å²) >= 11 is 1.79. The lowest BCUT2D eigenvalue weighted by molar-refractivity contribution is 1.28. The van der Waals surface area contributed by atoms with Gasteiger partial charge in [-0.05, 0) is 100 Å². The summed E-state index contributed by atoms with van der Waals surface area (Å²) < 4.78 is 1.29. The fraction of sp³-hybridized carbons (Fsp3) is 0. The molecule has 0 aliphatic carbocycles. The third kappa shape index (κ3) is 6.62. The Balaban J connectivity index is 1.04. The first-order chi connectivity index (χ1) is 26.3. The minimum atomic E-state index is 1.10. The summed E-state index contributed by atoms with van der Waals surface area (Å²) in [6.07, 6.45) is 0. The van der Waals surface area contributed by atoms with Gasteiger partial charge in [-0.15, -0.1) is 11.3 Å². The van der Waals surface area contributed by atoms with Crippen LogP contribution in [0.1, 0.15) is 0 Å². The van der Waals surface area contributed by atoms with E-state index in [1.54, 1.807) is 11.3 Å². The number of hydrogen-bond donors (Lipinski definition) is 0. The van der Waals surface area contributed by atoms with E-state index in [2.05, 4.69) is 228 Å². The molecule has 53 heavy (non-hydrogen) atoms. The van der Waals surface area contributed by atoms with Crippen LogP contribution >= 0.6 is 11.3 Å². The predicted molar refractivity (Wildman–Crippen MR) is 227 cm³/mol. The number of para-hydroxylation sites is 1. The second-order valence-electron chi connectivity index (χ2n) is 13.0. The van der Waals surface area contributed by atoms with Crippen LogP contribution < -0.4 is 9.80 Å². The van der Waals surface area contributed by atoms with Crippen molar-refractivity contribution >= 4 is 55.5 Å². The zero-order valence-corrected chi connectivity index (χ0v) is 29.9. The van der Waals surface area contributed by atoms with Gasteiger partial charge in [-0.25, -0.2) is 0 Å².